The third-order valence-corrected chi connectivity index (χ3v) is 3.14. The normalized spacial score (nSPS) is 11.4. The van der Waals surface area contributed by atoms with Crippen molar-refractivity contribution >= 4 is 11.7 Å². The molecule has 25 heavy (non-hydrogen) atoms. The van der Waals surface area contributed by atoms with Crippen molar-refractivity contribution in [2.75, 3.05) is 24.9 Å². The molecule has 1 heterocycles. The Labute approximate surface area is 142 Å². The smallest absolute Gasteiger partial charge is 0.379 e. The number of aromatic nitrogens is 1. The van der Waals surface area contributed by atoms with Crippen LogP contribution in [0.25, 0.3) is 0 Å². The lowest BCUT2D eigenvalue weighted by Gasteiger charge is -2.21. The van der Waals surface area contributed by atoms with E-state index < -0.39 is 17.6 Å². The summed E-state index contributed by atoms with van der Waals surface area (Å²) in [6.07, 6.45) is -3.57. The van der Waals surface area contributed by atoms with E-state index in [2.05, 4.69) is 4.98 Å². The molecule has 1 aromatic heterocycles. The fraction of sp³-hybridized carbons (Fsp3) is 0.294. The van der Waals surface area contributed by atoms with E-state index in [1.54, 1.807) is 25.1 Å². The lowest BCUT2D eigenvalue weighted by molar-refractivity contribution is -0.137. The zero-order chi connectivity index (χ0) is 18.3. The number of alkyl halides is 3. The van der Waals surface area contributed by atoms with Gasteiger partial charge in [-0.25, -0.2) is 4.98 Å². The van der Waals surface area contributed by atoms with Crippen LogP contribution in [0, 0.1) is 0 Å². The summed E-state index contributed by atoms with van der Waals surface area (Å²) in [5, 5.41) is 0.754. The molecule has 0 radical (unpaired) electrons. The van der Waals surface area contributed by atoms with Crippen molar-refractivity contribution in [3.63, 3.8) is 0 Å². The average Bonchev–Trinajstić information content (AvgIpc) is 2.61. The van der Waals surface area contributed by atoms with Gasteiger partial charge < -0.3 is 4.74 Å². The number of carbonyl (C=O) groups excluding carboxylic acids is 1. The van der Waals surface area contributed by atoms with Crippen LogP contribution in [0.2, 0.25) is 0 Å². The summed E-state index contributed by atoms with van der Waals surface area (Å²) in [5.74, 6) is -0.871. The zero-order valence-corrected chi connectivity index (χ0v) is 13.5. The molecule has 0 saturated carbocycles. The van der Waals surface area contributed by atoms with Crippen molar-refractivity contribution < 1.29 is 27.5 Å². The number of amides is 1. The molecule has 0 atom stereocenters. The molecule has 0 bridgehead atoms. The number of ether oxygens (including phenoxy) is 1. The fourth-order valence-electron chi connectivity index (χ4n) is 1.96. The number of hydroxylamine groups is 1. The van der Waals surface area contributed by atoms with Gasteiger partial charge in [-0.1, -0.05) is 18.2 Å². The molecule has 2 rings (SSSR count). The number of rotatable bonds is 7. The van der Waals surface area contributed by atoms with Gasteiger partial charge in [-0.2, -0.15) is 18.2 Å². The molecular weight excluding hydrogens is 337 g/mol. The van der Waals surface area contributed by atoms with Crippen LogP contribution in [-0.2, 0) is 15.8 Å². The van der Waals surface area contributed by atoms with Gasteiger partial charge in [-0.3, -0.25) is 9.63 Å². The SMILES string of the molecule is CCOCCON(C(=O)c1ccccc1)c1cc(C(F)(F)F)ccn1. The Morgan fingerprint density at radius 1 is 1.16 bits per heavy atom. The predicted molar refractivity (Wildman–Crippen MR) is 84.9 cm³/mol. The molecule has 8 heteroatoms. The molecule has 1 amide bonds. The van der Waals surface area contributed by atoms with Crippen LogP contribution in [0.3, 0.4) is 0 Å². The standard InChI is InChI=1S/C17H17F3N2O3/c1-2-24-10-11-25-22(16(23)13-6-4-3-5-7-13)15-12-14(8-9-21-15)17(18,19)20/h3-9,12H,2,10-11H2,1H3. The quantitative estimate of drug-likeness (QED) is 0.562. The molecule has 1 aromatic carbocycles. The summed E-state index contributed by atoms with van der Waals surface area (Å²) in [6, 6.07) is 9.68. The van der Waals surface area contributed by atoms with E-state index in [4.69, 9.17) is 9.57 Å². The van der Waals surface area contributed by atoms with Gasteiger partial charge in [0.1, 0.15) is 0 Å². The van der Waals surface area contributed by atoms with Crippen molar-refractivity contribution in [2.45, 2.75) is 13.1 Å². The predicted octanol–water partition coefficient (Wildman–Crippen LogP) is 3.72. The summed E-state index contributed by atoms with van der Waals surface area (Å²) in [7, 11) is 0. The third kappa shape index (κ3) is 5.27. The molecule has 0 saturated heterocycles. The number of pyridine rings is 1. The van der Waals surface area contributed by atoms with Crippen LogP contribution in [0.15, 0.2) is 48.7 Å². The summed E-state index contributed by atoms with van der Waals surface area (Å²) in [4.78, 5) is 21.8. The molecular formula is C17H17F3N2O3. The number of benzene rings is 1. The van der Waals surface area contributed by atoms with Gasteiger partial charge in [0.15, 0.2) is 5.82 Å². The first kappa shape index (κ1) is 18.9. The number of hydrogen-bond donors (Lipinski definition) is 0. The largest absolute Gasteiger partial charge is 0.416 e. The van der Waals surface area contributed by atoms with E-state index >= 15 is 0 Å². The molecule has 0 spiro atoms. The van der Waals surface area contributed by atoms with E-state index in [0.29, 0.717) is 6.61 Å². The summed E-state index contributed by atoms with van der Waals surface area (Å²) < 4.78 is 43.9. The van der Waals surface area contributed by atoms with Crippen LogP contribution in [0.1, 0.15) is 22.8 Å². The summed E-state index contributed by atoms with van der Waals surface area (Å²) in [6.45, 7) is 2.43. The second-order valence-corrected chi connectivity index (χ2v) is 4.90. The van der Waals surface area contributed by atoms with Gasteiger partial charge in [0.05, 0.1) is 18.8 Å². The number of hydrogen-bond acceptors (Lipinski definition) is 4. The highest BCUT2D eigenvalue weighted by Gasteiger charge is 2.32. The van der Waals surface area contributed by atoms with E-state index in [0.717, 1.165) is 23.4 Å². The summed E-state index contributed by atoms with van der Waals surface area (Å²) in [5.41, 5.74) is -0.658. The second kappa shape index (κ2) is 8.59. The van der Waals surface area contributed by atoms with Crippen LogP contribution in [0.4, 0.5) is 19.0 Å². The number of nitrogens with zero attached hydrogens (tertiary/aromatic N) is 2. The Balaban J connectivity index is 2.29. The molecule has 0 N–H and O–H groups in total. The van der Waals surface area contributed by atoms with E-state index in [1.807, 2.05) is 0 Å². The minimum atomic E-state index is -4.55. The van der Waals surface area contributed by atoms with Crippen molar-refractivity contribution in [3.05, 3.63) is 59.8 Å². The number of anilines is 1. The lowest BCUT2D eigenvalue weighted by Crippen LogP contribution is -2.33. The molecule has 0 aliphatic heterocycles. The average molecular weight is 354 g/mol. The highest BCUT2D eigenvalue weighted by atomic mass is 19.4. The van der Waals surface area contributed by atoms with Crippen molar-refractivity contribution in [1.29, 1.82) is 0 Å². The highest BCUT2D eigenvalue weighted by molar-refractivity contribution is 6.04. The molecule has 0 unspecified atom stereocenters. The molecule has 134 valence electrons. The lowest BCUT2D eigenvalue weighted by atomic mass is 10.2. The fourth-order valence-corrected chi connectivity index (χ4v) is 1.96. The molecule has 0 aliphatic rings. The Bertz CT molecular complexity index is 693. The van der Waals surface area contributed by atoms with Gasteiger partial charge in [0.2, 0.25) is 0 Å². The zero-order valence-electron chi connectivity index (χ0n) is 13.5. The van der Waals surface area contributed by atoms with Gasteiger partial charge in [-0.15, -0.1) is 0 Å². The van der Waals surface area contributed by atoms with Crippen LogP contribution in [0.5, 0.6) is 0 Å². The van der Waals surface area contributed by atoms with E-state index in [9.17, 15) is 18.0 Å². The molecule has 0 aliphatic carbocycles. The van der Waals surface area contributed by atoms with Gasteiger partial charge in [-0.05, 0) is 31.2 Å². The summed E-state index contributed by atoms with van der Waals surface area (Å²) >= 11 is 0. The maximum atomic E-state index is 12.9. The number of carbonyl (C=O) groups is 1. The van der Waals surface area contributed by atoms with Crippen molar-refractivity contribution in [3.8, 4) is 0 Å². The monoisotopic (exact) mass is 354 g/mol. The Morgan fingerprint density at radius 3 is 2.52 bits per heavy atom. The number of halogens is 3. The van der Waals surface area contributed by atoms with Crippen molar-refractivity contribution in [2.24, 2.45) is 0 Å². The first-order chi connectivity index (χ1) is 11.9. The highest BCUT2D eigenvalue weighted by Crippen LogP contribution is 2.31. The van der Waals surface area contributed by atoms with Crippen LogP contribution >= 0.6 is 0 Å². The maximum Gasteiger partial charge on any atom is 0.416 e. The Hall–Kier alpha value is -2.45. The van der Waals surface area contributed by atoms with Gasteiger partial charge in [0.25, 0.3) is 5.91 Å². The minimum absolute atomic E-state index is 0.00958. The first-order valence-electron chi connectivity index (χ1n) is 7.57. The molecule has 2 aromatic rings. The second-order valence-electron chi connectivity index (χ2n) is 4.90. The van der Waals surface area contributed by atoms with E-state index in [1.165, 1.54) is 12.1 Å². The van der Waals surface area contributed by atoms with Crippen LogP contribution in [-0.4, -0.2) is 30.7 Å². The van der Waals surface area contributed by atoms with Gasteiger partial charge in [0, 0.05) is 18.4 Å². The van der Waals surface area contributed by atoms with Crippen LogP contribution < -0.4 is 5.06 Å². The minimum Gasteiger partial charge on any atom is -0.379 e. The topological polar surface area (TPSA) is 51.7 Å². The maximum absolute atomic E-state index is 12.9. The third-order valence-electron chi connectivity index (χ3n) is 3.14. The van der Waals surface area contributed by atoms with Crippen molar-refractivity contribution in [1.82, 2.24) is 4.98 Å². The Morgan fingerprint density at radius 2 is 1.88 bits per heavy atom. The van der Waals surface area contributed by atoms with E-state index in [-0.39, 0.29) is 24.6 Å². The molecule has 5 nitrogen and oxygen atoms in total. The first-order valence-corrected chi connectivity index (χ1v) is 7.57. The molecule has 0 fully saturated rings. The Kier molecular flexibility index (Phi) is 6.49. The van der Waals surface area contributed by atoms with Gasteiger partial charge >= 0.3 is 6.18 Å².